The molecule has 82 valence electrons. The number of alkyl halides is 1. The van der Waals surface area contributed by atoms with Crippen molar-refractivity contribution in [1.82, 2.24) is 9.55 Å². The second kappa shape index (κ2) is 4.93. The summed E-state index contributed by atoms with van der Waals surface area (Å²) in [5.74, 6) is 0.621. The van der Waals surface area contributed by atoms with E-state index in [0.29, 0.717) is 10.3 Å². The van der Waals surface area contributed by atoms with E-state index in [1.807, 2.05) is 12.1 Å². The lowest BCUT2D eigenvalue weighted by atomic mass is 10.3. The predicted octanol–water partition coefficient (Wildman–Crippen LogP) is 2.89. The number of hydrogen-bond donors (Lipinski definition) is 0. The zero-order valence-corrected chi connectivity index (χ0v) is 11.4. The molecule has 3 nitrogen and oxygen atoms in total. The molecule has 0 aliphatic heterocycles. The minimum absolute atomic E-state index is 0.110. The van der Waals surface area contributed by atoms with Crippen molar-refractivity contribution in [3.63, 3.8) is 0 Å². The maximum absolute atomic E-state index is 11.8. The fourth-order valence-corrected chi connectivity index (χ4v) is 1.96. The van der Waals surface area contributed by atoms with E-state index in [0.717, 1.165) is 10.9 Å². The summed E-state index contributed by atoms with van der Waals surface area (Å²) in [6.45, 7) is 0. The van der Waals surface area contributed by atoms with Gasteiger partial charge in [-0.3, -0.25) is 9.36 Å². The highest BCUT2D eigenvalue weighted by molar-refractivity contribution is 9.10. The summed E-state index contributed by atoms with van der Waals surface area (Å²) in [6, 6.07) is 7.27. The van der Waals surface area contributed by atoms with Gasteiger partial charge in [0.25, 0.3) is 5.56 Å². The van der Waals surface area contributed by atoms with Crippen LogP contribution in [0.1, 0.15) is 5.56 Å². The summed E-state index contributed by atoms with van der Waals surface area (Å²) in [5.41, 5.74) is 0.966. The van der Waals surface area contributed by atoms with Crippen molar-refractivity contribution >= 4 is 31.9 Å². The molecule has 0 saturated carbocycles. The van der Waals surface area contributed by atoms with E-state index in [2.05, 4.69) is 36.8 Å². The molecule has 0 fully saturated rings. The van der Waals surface area contributed by atoms with Gasteiger partial charge in [0.05, 0.1) is 4.47 Å². The van der Waals surface area contributed by atoms with Gasteiger partial charge in [-0.15, -0.1) is 0 Å². The monoisotopic (exact) mass is 342 g/mol. The molecule has 0 spiro atoms. The normalized spacial score (nSPS) is 10.4. The Kier molecular flexibility index (Phi) is 3.56. The average Bonchev–Trinajstić information content (AvgIpc) is 2.33. The van der Waals surface area contributed by atoms with Crippen LogP contribution in [0.15, 0.2) is 45.9 Å². The first-order chi connectivity index (χ1) is 7.72. The van der Waals surface area contributed by atoms with E-state index < -0.39 is 0 Å². The number of pyridine rings is 2. The van der Waals surface area contributed by atoms with Crippen LogP contribution in [-0.4, -0.2) is 9.55 Å². The number of rotatable bonds is 2. The van der Waals surface area contributed by atoms with Crippen molar-refractivity contribution in [2.75, 3.05) is 0 Å². The maximum atomic E-state index is 11.8. The van der Waals surface area contributed by atoms with Crippen molar-refractivity contribution in [2.24, 2.45) is 0 Å². The van der Waals surface area contributed by atoms with Crippen LogP contribution in [0.2, 0.25) is 0 Å². The Hall–Kier alpha value is -0.940. The molecule has 0 unspecified atom stereocenters. The quantitative estimate of drug-likeness (QED) is 0.786. The molecule has 0 bridgehead atoms. The van der Waals surface area contributed by atoms with Crippen LogP contribution >= 0.6 is 31.9 Å². The lowest BCUT2D eigenvalue weighted by molar-refractivity contribution is 0.930. The topological polar surface area (TPSA) is 34.9 Å². The smallest absolute Gasteiger partial charge is 0.268 e. The lowest BCUT2D eigenvalue weighted by Gasteiger charge is -2.05. The predicted molar refractivity (Wildman–Crippen MR) is 70.2 cm³/mol. The van der Waals surface area contributed by atoms with Crippen LogP contribution in [0, 0.1) is 0 Å². The first-order valence-corrected chi connectivity index (χ1v) is 6.52. The second-order valence-corrected chi connectivity index (χ2v) is 4.60. The minimum Gasteiger partial charge on any atom is -0.268 e. The van der Waals surface area contributed by atoms with Crippen LogP contribution in [0.25, 0.3) is 5.82 Å². The molecule has 0 amide bonds. The standard InChI is InChI=1S/C11H8Br2N2O/c12-6-8-3-4-10(14-7-8)15-5-1-2-9(13)11(15)16/h1-5,7H,6H2. The molecule has 2 aromatic heterocycles. The van der Waals surface area contributed by atoms with Gasteiger partial charge < -0.3 is 0 Å². The molecule has 0 radical (unpaired) electrons. The molecule has 0 saturated heterocycles. The average molecular weight is 344 g/mol. The molecular formula is C11H8Br2N2O. The number of halogens is 2. The van der Waals surface area contributed by atoms with Crippen molar-refractivity contribution in [3.05, 3.63) is 57.0 Å². The molecule has 0 aliphatic rings. The largest absolute Gasteiger partial charge is 0.270 e. The highest BCUT2D eigenvalue weighted by Gasteiger charge is 2.03. The van der Waals surface area contributed by atoms with Gasteiger partial charge >= 0.3 is 0 Å². The molecule has 2 heterocycles. The Morgan fingerprint density at radius 1 is 1.31 bits per heavy atom. The minimum atomic E-state index is -0.110. The van der Waals surface area contributed by atoms with Gasteiger partial charge in [-0.2, -0.15) is 0 Å². The summed E-state index contributed by atoms with van der Waals surface area (Å²) in [7, 11) is 0. The maximum Gasteiger partial charge on any atom is 0.270 e. The third-order valence-corrected chi connectivity index (χ3v) is 3.36. The SMILES string of the molecule is O=c1c(Br)cccn1-c1ccc(CBr)cn1. The van der Waals surface area contributed by atoms with Crippen molar-refractivity contribution < 1.29 is 0 Å². The third kappa shape index (κ3) is 2.25. The molecule has 2 aromatic rings. The van der Waals surface area contributed by atoms with Gasteiger partial charge in [0.2, 0.25) is 0 Å². The lowest BCUT2D eigenvalue weighted by Crippen LogP contribution is -2.18. The van der Waals surface area contributed by atoms with Gasteiger partial charge in [0, 0.05) is 17.7 Å². The molecular weight excluding hydrogens is 336 g/mol. The summed E-state index contributed by atoms with van der Waals surface area (Å²) >= 11 is 6.55. The summed E-state index contributed by atoms with van der Waals surface area (Å²) in [4.78, 5) is 16.0. The highest BCUT2D eigenvalue weighted by Crippen LogP contribution is 2.08. The van der Waals surface area contributed by atoms with Gasteiger partial charge in [-0.25, -0.2) is 4.98 Å². The van der Waals surface area contributed by atoms with E-state index >= 15 is 0 Å². The molecule has 5 heteroatoms. The van der Waals surface area contributed by atoms with E-state index in [9.17, 15) is 4.79 Å². The van der Waals surface area contributed by atoms with Crippen molar-refractivity contribution in [2.45, 2.75) is 5.33 Å². The van der Waals surface area contributed by atoms with Gasteiger partial charge in [0.15, 0.2) is 0 Å². The third-order valence-electron chi connectivity index (χ3n) is 2.11. The molecule has 0 atom stereocenters. The number of hydrogen-bond acceptors (Lipinski definition) is 2. The van der Waals surface area contributed by atoms with Crippen LogP contribution in [0.4, 0.5) is 0 Å². The zero-order valence-electron chi connectivity index (χ0n) is 8.23. The van der Waals surface area contributed by atoms with Crippen molar-refractivity contribution in [1.29, 1.82) is 0 Å². The Labute approximate surface area is 109 Å². The van der Waals surface area contributed by atoms with E-state index in [1.54, 1.807) is 24.5 Å². The first kappa shape index (κ1) is 11.5. The second-order valence-electron chi connectivity index (χ2n) is 3.19. The number of aromatic nitrogens is 2. The first-order valence-electron chi connectivity index (χ1n) is 4.61. The number of nitrogens with zero attached hydrogens (tertiary/aromatic N) is 2. The fraction of sp³-hybridized carbons (Fsp3) is 0.0909. The van der Waals surface area contributed by atoms with E-state index in [4.69, 9.17) is 0 Å². The Morgan fingerprint density at radius 3 is 2.75 bits per heavy atom. The Morgan fingerprint density at radius 2 is 2.12 bits per heavy atom. The summed E-state index contributed by atoms with van der Waals surface area (Å²) < 4.78 is 2.03. The van der Waals surface area contributed by atoms with Gasteiger partial charge in [-0.1, -0.05) is 22.0 Å². The molecule has 2 rings (SSSR count). The molecule has 0 N–H and O–H groups in total. The Balaban J connectivity index is 2.51. The van der Waals surface area contributed by atoms with Crippen LogP contribution in [0.3, 0.4) is 0 Å². The molecule has 0 aromatic carbocycles. The highest BCUT2D eigenvalue weighted by atomic mass is 79.9. The summed E-state index contributed by atoms with van der Waals surface area (Å²) in [6.07, 6.45) is 3.45. The van der Waals surface area contributed by atoms with Crippen molar-refractivity contribution in [3.8, 4) is 5.82 Å². The van der Waals surface area contributed by atoms with E-state index in [-0.39, 0.29) is 5.56 Å². The van der Waals surface area contributed by atoms with Crippen LogP contribution < -0.4 is 5.56 Å². The Bertz CT molecular complexity index is 549. The van der Waals surface area contributed by atoms with E-state index in [1.165, 1.54) is 4.57 Å². The van der Waals surface area contributed by atoms with Gasteiger partial charge in [0.1, 0.15) is 5.82 Å². The summed E-state index contributed by atoms with van der Waals surface area (Å²) in [5, 5.41) is 0.758. The molecule has 0 aliphatic carbocycles. The van der Waals surface area contributed by atoms with Crippen LogP contribution in [-0.2, 0) is 5.33 Å². The zero-order chi connectivity index (χ0) is 11.5. The fourth-order valence-electron chi connectivity index (χ4n) is 1.29. The van der Waals surface area contributed by atoms with Gasteiger partial charge in [-0.05, 0) is 39.7 Å². The molecule has 16 heavy (non-hydrogen) atoms. The van der Waals surface area contributed by atoms with Crippen LogP contribution in [0.5, 0.6) is 0 Å².